The average molecular weight is 489 g/mol. The number of carbonyl (C=O) groups excluding carboxylic acids is 1. The lowest BCUT2D eigenvalue weighted by Gasteiger charge is -2.09. The van der Waals surface area contributed by atoms with Gasteiger partial charge in [-0.3, -0.25) is 14.2 Å². The van der Waals surface area contributed by atoms with Gasteiger partial charge in [0.05, 0.1) is 11.4 Å². The molecule has 6 nitrogen and oxygen atoms in total. The quantitative estimate of drug-likeness (QED) is 0.230. The topological polar surface area (TPSA) is 79.8 Å². The number of H-pyrrole nitrogens is 1. The van der Waals surface area contributed by atoms with Crippen molar-refractivity contribution in [2.45, 2.75) is 18.6 Å². The third kappa shape index (κ3) is 4.74. The Morgan fingerprint density at radius 1 is 1.26 bits per heavy atom. The molecule has 2 heterocycles. The monoisotopic (exact) mass is 488 g/mol. The summed E-state index contributed by atoms with van der Waals surface area (Å²) in [5.74, 6) is -0.0811. The van der Waals surface area contributed by atoms with E-state index in [0.717, 1.165) is 28.6 Å². The summed E-state index contributed by atoms with van der Waals surface area (Å²) in [5, 5.41) is 3.79. The van der Waals surface area contributed by atoms with Crippen LogP contribution in [-0.2, 0) is 11.3 Å². The number of para-hydroxylation sites is 1. The molecule has 2 aromatic carbocycles. The zero-order chi connectivity index (χ0) is 22.0. The van der Waals surface area contributed by atoms with E-state index in [-0.39, 0.29) is 17.2 Å². The molecule has 0 saturated heterocycles. The molecule has 1 amide bonds. The van der Waals surface area contributed by atoms with Gasteiger partial charge in [-0.25, -0.2) is 4.98 Å². The number of aryl methyl sites for hydroxylation is 1. The molecule has 0 bridgehead atoms. The van der Waals surface area contributed by atoms with Crippen LogP contribution in [-0.4, -0.2) is 26.2 Å². The standard InChI is InChI=1S/C21H17ClN4O2S3/c1-12-6-2-5-9-15(12)26-18-17(31-21(26)29)19(28)25-20(24-18)30-11-16(27)23-10-13-7-3-4-8-14(13)22/h2-9H,10-11H2,1H3,(H,23,27)(H,24,25,28). The van der Waals surface area contributed by atoms with Gasteiger partial charge in [0.1, 0.15) is 4.70 Å². The summed E-state index contributed by atoms with van der Waals surface area (Å²) in [4.78, 5) is 32.2. The number of hydrogen-bond donors (Lipinski definition) is 2. The highest BCUT2D eigenvalue weighted by molar-refractivity contribution is 7.99. The highest BCUT2D eigenvalue weighted by Crippen LogP contribution is 2.26. The molecule has 0 saturated carbocycles. The molecule has 4 aromatic rings. The zero-order valence-corrected chi connectivity index (χ0v) is 19.6. The second kappa shape index (κ2) is 9.35. The number of thiazole rings is 1. The van der Waals surface area contributed by atoms with Crippen molar-refractivity contribution in [1.29, 1.82) is 0 Å². The Balaban J connectivity index is 1.55. The summed E-state index contributed by atoms with van der Waals surface area (Å²) in [6.07, 6.45) is 0. The lowest BCUT2D eigenvalue weighted by molar-refractivity contribution is -0.118. The molecule has 0 fully saturated rings. The van der Waals surface area contributed by atoms with Crippen LogP contribution < -0.4 is 10.9 Å². The van der Waals surface area contributed by atoms with E-state index in [1.54, 1.807) is 10.6 Å². The van der Waals surface area contributed by atoms with Gasteiger partial charge in [-0.15, -0.1) is 0 Å². The fourth-order valence-corrected chi connectivity index (χ4v) is 5.15. The van der Waals surface area contributed by atoms with Crippen LogP contribution in [0, 0.1) is 10.9 Å². The maximum absolute atomic E-state index is 12.6. The van der Waals surface area contributed by atoms with Crippen molar-refractivity contribution in [1.82, 2.24) is 19.9 Å². The molecule has 10 heteroatoms. The minimum atomic E-state index is -0.271. The third-order valence-electron chi connectivity index (χ3n) is 4.55. The van der Waals surface area contributed by atoms with Crippen molar-refractivity contribution >= 4 is 63.2 Å². The lowest BCUT2D eigenvalue weighted by atomic mass is 10.2. The largest absolute Gasteiger partial charge is 0.351 e. The normalized spacial score (nSPS) is 11.0. The molecule has 2 N–H and O–H groups in total. The number of hydrogen-bond acceptors (Lipinski definition) is 6. The van der Waals surface area contributed by atoms with Gasteiger partial charge >= 0.3 is 0 Å². The average Bonchev–Trinajstić information content (AvgIpc) is 3.08. The van der Waals surface area contributed by atoms with Gasteiger partial charge in [0.15, 0.2) is 14.8 Å². The van der Waals surface area contributed by atoms with E-state index in [0.29, 0.717) is 31.0 Å². The van der Waals surface area contributed by atoms with E-state index < -0.39 is 0 Å². The first-order chi connectivity index (χ1) is 14.9. The van der Waals surface area contributed by atoms with Gasteiger partial charge in [-0.1, -0.05) is 71.1 Å². The second-order valence-corrected chi connectivity index (χ2v) is 9.69. The van der Waals surface area contributed by atoms with Crippen LogP contribution in [0.25, 0.3) is 16.0 Å². The smallest absolute Gasteiger partial charge is 0.271 e. The Morgan fingerprint density at radius 3 is 2.77 bits per heavy atom. The van der Waals surface area contributed by atoms with Crippen molar-refractivity contribution in [2.24, 2.45) is 0 Å². The van der Waals surface area contributed by atoms with Crippen LogP contribution in [0.2, 0.25) is 5.02 Å². The number of rotatable bonds is 6. The van der Waals surface area contributed by atoms with Crippen molar-refractivity contribution in [3.8, 4) is 5.69 Å². The number of halogens is 1. The molecule has 158 valence electrons. The first-order valence-electron chi connectivity index (χ1n) is 9.29. The molecule has 0 spiro atoms. The summed E-state index contributed by atoms with van der Waals surface area (Å²) in [6, 6.07) is 15.1. The van der Waals surface area contributed by atoms with Crippen LogP contribution in [0.3, 0.4) is 0 Å². The van der Waals surface area contributed by atoms with E-state index >= 15 is 0 Å². The van der Waals surface area contributed by atoms with E-state index in [2.05, 4.69) is 15.3 Å². The fraction of sp³-hybridized carbons (Fsp3) is 0.143. The number of nitrogens with zero attached hydrogens (tertiary/aromatic N) is 2. The summed E-state index contributed by atoms with van der Waals surface area (Å²) in [5.41, 5.74) is 2.96. The van der Waals surface area contributed by atoms with Crippen LogP contribution >= 0.6 is 46.9 Å². The van der Waals surface area contributed by atoms with Crippen LogP contribution in [0.4, 0.5) is 0 Å². The number of fused-ring (bicyclic) bond motifs is 1. The third-order valence-corrected chi connectivity index (χ3v) is 7.16. The van der Waals surface area contributed by atoms with Crippen LogP contribution in [0.1, 0.15) is 11.1 Å². The Kier molecular flexibility index (Phi) is 6.57. The highest BCUT2D eigenvalue weighted by Gasteiger charge is 2.15. The number of carbonyl (C=O) groups is 1. The minimum absolute atomic E-state index is 0.105. The lowest BCUT2D eigenvalue weighted by Crippen LogP contribution is -2.25. The summed E-state index contributed by atoms with van der Waals surface area (Å²) >= 11 is 14.0. The zero-order valence-electron chi connectivity index (χ0n) is 16.3. The number of aromatic nitrogens is 3. The van der Waals surface area contributed by atoms with Gasteiger partial charge in [0.2, 0.25) is 5.91 Å². The predicted molar refractivity (Wildman–Crippen MR) is 129 cm³/mol. The Morgan fingerprint density at radius 2 is 2.00 bits per heavy atom. The van der Waals surface area contributed by atoms with Gasteiger partial charge in [-0.2, -0.15) is 0 Å². The predicted octanol–water partition coefficient (Wildman–Crippen LogP) is 4.88. The molecule has 0 radical (unpaired) electrons. The molecule has 4 rings (SSSR count). The summed E-state index contributed by atoms with van der Waals surface area (Å²) in [6.45, 7) is 2.31. The molecular weight excluding hydrogens is 472 g/mol. The number of amides is 1. The van der Waals surface area contributed by atoms with Crippen molar-refractivity contribution in [3.05, 3.63) is 79.0 Å². The van der Waals surface area contributed by atoms with Gasteiger partial charge in [-0.05, 0) is 42.4 Å². The van der Waals surface area contributed by atoms with E-state index in [1.165, 1.54) is 11.3 Å². The molecule has 0 aliphatic carbocycles. The molecular formula is C21H17ClN4O2S3. The van der Waals surface area contributed by atoms with E-state index in [9.17, 15) is 9.59 Å². The highest BCUT2D eigenvalue weighted by atomic mass is 35.5. The molecule has 0 atom stereocenters. The number of benzene rings is 2. The van der Waals surface area contributed by atoms with Crippen molar-refractivity contribution in [3.63, 3.8) is 0 Å². The minimum Gasteiger partial charge on any atom is -0.351 e. The van der Waals surface area contributed by atoms with Crippen molar-refractivity contribution < 1.29 is 4.79 Å². The van der Waals surface area contributed by atoms with Crippen LogP contribution in [0.5, 0.6) is 0 Å². The Hall–Kier alpha value is -2.46. The summed E-state index contributed by atoms with van der Waals surface area (Å²) < 4.78 is 2.81. The fourth-order valence-electron chi connectivity index (χ4n) is 3.01. The van der Waals surface area contributed by atoms with Gasteiger partial charge in [0.25, 0.3) is 5.56 Å². The SMILES string of the molecule is Cc1ccccc1-n1c(=S)sc2c(=O)[nH]c(SCC(=O)NCc3ccccc3Cl)nc21. The first kappa shape index (κ1) is 21.8. The number of nitrogens with one attached hydrogen (secondary N) is 2. The van der Waals surface area contributed by atoms with Crippen LogP contribution in [0.15, 0.2) is 58.5 Å². The molecule has 0 unspecified atom stereocenters. The van der Waals surface area contributed by atoms with Crippen molar-refractivity contribution in [2.75, 3.05) is 5.75 Å². The Bertz CT molecular complexity index is 1390. The number of aromatic amines is 1. The van der Waals surface area contributed by atoms with E-state index in [4.69, 9.17) is 23.8 Å². The molecule has 0 aliphatic heterocycles. The van der Waals surface area contributed by atoms with Gasteiger partial charge in [0, 0.05) is 11.6 Å². The molecule has 0 aliphatic rings. The number of thioether (sulfide) groups is 1. The van der Waals surface area contributed by atoms with Gasteiger partial charge < -0.3 is 10.3 Å². The maximum Gasteiger partial charge on any atom is 0.271 e. The summed E-state index contributed by atoms with van der Waals surface area (Å²) in [7, 11) is 0. The molecule has 2 aromatic heterocycles. The molecule has 31 heavy (non-hydrogen) atoms. The Labute approximate surface area is 196 Å². The van der Waals surface area contributed by atoms with E-state index in [1.807, 2.05) is 49.4 Å². The maximum atomic E-state index is 12.6. The second-order valence-electron chi connectivity index (χ2n) is 6.67. The first-order valence-corrected chi connectivity index (χ1v) is 11.9.